The fraction of sp³-hybridized carbons (Fsp3) is 0.400. The van der Waals surface area contributed by atoms with Crippen LogP contribution in [0, 0.1) is 5.41 Å². The number of alkyl halides is 2. The van der Waals surface area contributed by atoms with Crippen LogP contribution in [0.5, 0.6) is 0 Å². The number of rotatable bonds is 4. The Labute approximate surface area is 56.9 Å². The van der Waals surface area contributed by atoms with Gasteiger partial charge in [0.2, 0.25) is 0 Å². The fourth-order valence-corrected chi connectivity index (χ4v) is 0.303. The summed E-state index contributed by atoms with van der Waals surface area (Å²) in [4.78, 5) is 0. The van der Waals surface area contributed by atoms with Crippen LogP contribution < -0.4 is 5.32 Å². The Kier molecular flexibility index (Phi) is 4.39. The van der Waals surface area contributed by atoms with E-state index in [0.29, 0.717) is 0 Å². The van der Waals surface area contributed by atoms with Crippen molar-refractivity contribution in [3.05, 3.63) is 11.8 Å². The quantitative estimate of drug-likeness (QED) is 0.399. The molecule has 0 aromatic rings. The lowest BCUT2D eigenvalue weighted by Gasteiger charge is -1.98. The first-order valence-corrected chi connectivity index (χ1v) is 2.55. The third-order valence-corrected chi connectivity index (χ3v) is 0.763. The van der Waals surface area contributed by atoms with Gasteiger partial charge in [0, 0.05) is 18.0 Å². The first-order valence-electron chi connectivity index (χ1n) is 2.55. The van der Waals surface area contributed by atoms with Crippen molar-refractivity contribution in [2.75, 3.05) is 6.61 Å². The summed E-state index contributed by atoms with van der Waals surface area (Å²) in [6.07, 6.45) is 1.70. The molecule has 0 saturated carbocycles. The molecule has 0 unspecified atom stereocenters. The zero-order valence-electron chi connectivity index (χ0n) is 5.14. The summed E-state index contributed by atoms with van der Waals surface area (Å²) in [5.74, 6) is 0. The lowest BCUT2D eigenvalue weighted by molar-refractivity contribution is 0.125. The smallest absolute Gasteiger partial charge is 0.312 e. The maximum Gasteiger partial charge on any atom is 0.312 e. The van der Waals surface area contributed by atoms with Gasteiger partial charge in [-0.05, 0) is 0 Å². The third kappa shape index (κ3) is 3.96. The minimum atomic E-state index is -2.65. The van der Waals surface area contributed by atoms with Gasteiger partial charge in [-0.3, -0.25) is 0 Å². The molecule has 0 aromatic heterocycles. The number of nitrogens with one attached hydrogen (secondary N) is 2. The van der Waals surface area contributed by atoms with E-state index < -0.39 is 13.2 Å². The van der Waals surface area contributed by atoms with E-state index in [9.17, 15) is 8.78 Å². The van der Waals surface area contributed by atoms with Gasteiger partial charge in [0.25, 0.3) is 0 Å². The molecule has 0 amide bonds. The molecule has 0 aliphatic rings. The molecule has 10 heavy (non-hydrogen) atoms. The van der Waals surface area contributed by atoms with Gasteiger partial charge in [0.15, 0.2) is 0 Å². The van der Waals surface area contributed by atoms with Crippen LogP contribution in [-0.4, -0.2) is 24.5 Å². The summed E-state index contributed by atoms with van der Waals surface area (Å²) in [5, 5.41) is 16.5. The Bertz CT molecular complexity index is 136. The molecule has 0 atom stereocenters. The standard InChI is InChI=1S/C5H8F2N2O/c6-5(7)9-2-4(1-8)3-10/h1-2,5,8-10H,3H2/b4-2+,8-1?. The number of hydrogen-bond acceptors (Lipinski definition) is 3. The van der Waals surface area contributed by atoms with Gasteiger partial charge in [-0.15, -0.1) is 0 Å². The van der Waals surface area contributed by atoms with E-state index in [1.807, 2.05) is 0 Å². The van der Waals surface area contributed by atoms with Gasteiger partial charge in [0.05, 0.1) is 6.61 Å². The van der Waals surface area contributed by atoms with Crippen molar-refractivity contribution in [3.8, 4) is 0 Å². The van der Waals surface area contributed by atoms with Gasteiger partial charge in [-0.25, -0.2) is 0 Å². The second-order valence-electron chi connectivity index (χ2n) is 1.49. The van der Waals surface area contributed by atoms with Crippen molar-refractivity contribution in [2.24, 2.45) is 0 Å². The second kappa shape index (κ2) is 4.87. The molecule has 0 fully saturated rings. The summed E-state index contributed by atoms with van der Waals surface area (Å²) in [6.45, 7) is -3.06. The van der Waals surface area contributed by atoms with Crippen molar-refractivity contribution >= 4 is 6.21 Å². The highest BCUT2D eigenvalue weighted by molar-refractivity contribution is 5.75. The summed E-state index contributed by atoms with van der Waals surface area (Å²) in [7, 11) is 0. The number of aliphatic hydroxyl groups excluding tert-OH is 1. The van der Waals surface area contributed by atoms with Gasteiger partial charge >= 0.3 is 6.55 Å². The van der Waals surface area contributed by atoms with Crippen LogP contribution >= 0.6 is 0 Å². The molecular weight excluding hydrogens is 142 g/mol. The molecule has 0 aliphatic heterocycles. The maximum absolute atomic E-state index is 11.4. The van der Waals surface area contributed by atoms with Gasteiger partial charge in [0.1, 0.15) is 0 Å². The molecule has 0 rings (SSSR count). The van der Waals surface area contributed by atoms with Crippen LogP contribution in [0.4, 0.5) is 8.78 Å². The first kappa shape index (κ1) is 9.03. The SMILES string of the molecule is N=C/C(=C\NC(F)F)CO. The van der Waals surface area contributed by atoms with Crippen LogP contribution in [0.2, 0.25) is 0 Å². The molecule has 0 aromatic carbocycles. The molecule has 0 aliphatic carbocycles. The largest absolute Gasteiger partial charge is 0.392 e. The number of hydrogen-bond donors (Lipinski definition) is 3. The van der Waals surface area contributed by atoms with E-state index in [1.54, 1.807) is 5.32 Å². The van der Waals surface area contributed by atoms with Gasteiger partial charge in [-0.1, -0.05) is 0 Å². The number of halogens is 2. The van der Waals surface area contributed by atoms with Crippen LogP contribution in [-0.2, 0) is 0 Å². The van der Waals surface area contributed by atoms with Gasteiger partial charge in [-0.2, -0.15) is 8.78 Å². The van der Waals surface area contributed by atoms with E-state index in [4.69, 9.17) is 10.5 Å². The average molecular weight is 150 g/mol. The highest BCUT2D eigenvalue weighted by Crippen LogP contribution is 1.88. The molecule has 0 spiro atoms. The highest BCUT2D eigenvalue weighted by atomic mass is 19.3. The topological polar surface area (TPSA) is 56.1 Å². The van der Waals surface area contributed by atoms with E-state index in [1.165, 1.54) is 0 Å². The van der Waals surface area contributed by atoms with E-state index >= 15 is 0 Å². The Morgan fingerprint density at radius 1 is 1.70 bits per heavy atom. The molecule has 0 bridgehead atoms. The Morgan fingerprint density at radius 3 is 2.60 bits per heavy atom. The fourth-order valence-electron chi connectivity index (χ4n) is 0.303. The van der Waals surface area contributed by atoms with Crippen LogP contribution in [0.1, 0.15) is 0 Å². The third-order valence-electron chi connectivity index (χ3n) is 0.763. The number of aliphatic hydroxyl groups is 1. The normalized spacial score (nSPS) is 11.8. The predicted octanol–water partition coefficient (Wildman–Crippen LogP) is 0.324. The first-order chi connectivity index (χ1) is 4.70. The lowest BCUT2D eigenvalue weighted by atomic mass is 10.3. The van der Waals surface area contributed by atoms with Crippen molar-refractivity contribution in [1.29, 1.82) is 5.41 Å². The average Bonchev–Trinajstić information content (AvgIpc) is 1.90. The van der Waals surface area contributed by atoms with Crippen LogP contribution in [0.3, 0.4) is 0 Å². The zero-order chi connectivity index (χ0) is 7.98. The summed E-state index contributed by atoms with van der Waals surface area (Å²) in [5.41, 5.74) is 0.111. The molecule has 0 radical (unpaired) electrons. The molecule has 5 heteroatoms. The Morgan fingerprint density at radius 2 is 2.30 bits per heavy atom. The summed E-state index contributed by atoms with van der Waals surface area (Å²) < 4.78 is 22.7. The molecule has 0 saturated heterocycles. The van der Waals surface area contributed by atoms with E-state index in [2.05, 4.69) is 0 Å². The van der Waals surface area contributed by atoms with Crippen LogP contribution in [0.25, 0.3) is 0 Å². The second-order valence-corrected chi connectivity index (χ2v) is 1.49. The van der Waals surface area contributed by atoms with Gasteiger partial charge < -0.3 is 15.8 Å². The predicted molar refractivity (Wildman–Crippen MR) is 33.1 cm³/mol. The minimum absolute atomic E-state index is 0.111. The Balaban J connectivity index is 3.74. The minimum Gasteiger partial charge on any atom is -0.392 e. The molecule has 58 valence electrons. The maximum atomic E-state index is 11.4. The molecule has 3 nitrogen and oxygen atoms in total. The van der Waals surface area contributed by atoms with Crippen molar-refractivity contribution in [2.45, 2.75) is 6.55 Å². The molecule has 3 N–H and O–H groups in total. The van der Waals surface area contributed by atoms with Crippen molar-refractivity contribution in [3.63, 3.8) is 0 Å². The monoisotopic (exact) mass is 150 g/mol. The summed E-state index contributed by atoms with van der Waals surface area (Å²) >= 11 is 0. The van der Waals surface area contributed by atoms with Crippen LogP contribution in [0.15, 0.2) is 11.8 Å². The Hall–Kier alpha value is -0.970. The molecule has 0 heterocycles. The van der Waals surface area contributed by atoms with E-state index in [0.717, 1.165) is 12.4 Å². The molecular formula is C5H8F2N2O. The summed E-state index contributed by atoms with van der Waals surface area (Å²) in [6, 6.07) is 0. The van der Waals surface area contributed by atoms with E-state index in [-0.39, 0.29) is 5.57 Å². The van der Waals surface area contributed by atoms with Crippen molar-refractivity contribution in [1.82, 2.24) is 5.32 Å². The lowest BCUT2D eigenvalue weighted by Crippen LogP contribution is -2.14. The highest BCUT2D eigenvalue weighted by Gasteiger charge is 1.95. The zero-order valence-corrected chi connectivity index (χ0v) is 5.14. The van der Waals surface area contributed by atoms with Crippen molar-refractivity contribution < 1.29 is 13.9 Å².